The summed E-state index contributed by atoms with van der Waals surface area (Å²) < 4.78 is 0. The Morgan fingerprint density at radius 1 is 1.32 bits per heavy atom. The highest BCUT2D eigenvalue weighted by atomic mass is 35.5. The van der Waals surface area contributed by atoms with Gasteiger partial charge in [-0.1, -0.05) is 25.4 Å². The van der Waals surface area contributed by atoms with Gasteiger partial charge in [0.25, 0.3) is 5.91 Å². The highest BCUT2D eigenvalue weighted by molar-refractivity contribution is 6.30. The van der Waals surface area contributed by atoms with Crippen LogP contribution in [0.4, 0.5) is 5.69 Å². The molecule has 1 unspecified atom stereocenters. The van der Waals surface area contributed by atoms with E-state index in [1.165, 1.54) is 30.5 Å². The molecule has 1 aromatic heterocycles. The molecule has 0 bridgehead atoms. The molecule has 2 amide bonds. The van der Waals surface area contributed by atoms with Gasteiger partial charge in [-0.2, -0.15) is 5.26 Å². The van der Waals surface area contributed by atoms with Crippen LogP contribution >= 0.6 is 11.6 Å². The van der Waals surface area contributed by atoms with Gasteiger partial charge in [0.15, 0.2) is 0 Å². The minimum absolute atomic E-state index is 0.0289. The third-order valence-corrected chi connectivity index (χ3v) is 4.66. The monoisotopic (exact) mass is 400 g/mol. The number of benzene rings is 1. The van der Waals surface area contributed by atoms with Gasteiger partial charge in [0.05, 0.1) is 12.5 Å². The highest BCUT2D eigenvalue weighted by Crippen LogP contribution is 2.22. The van der Waals surface area contributed by atoms with Crippen molar-refractivity contribution in [3.63, 3.8) is 0 Å². The van der Waals surface area contributed by atoms with Crippen LogP contribution in [-0.2, 0) is 11.2 Å². The molecule has 0 fully saturated rings. The zero-order valence-electron chi connectivity index (χ0n) is 15.8. The summed E-state index contributed by atoms with van der Waals surface area (Å²) in [4.78, 5) is 28.7. The van der Waals surface area contributed by atoms with E-state index < -0.39 is 11.4 Å². The fourth-order valence-electron chi connectivity index (χ4n) is 2.31. The van der Waals surface area contributed by atoms with E-state index in [9.17, 15) is 20.0 Å². The molecule has 1 heterocycles. The second-order valence-corrected chi connectivity index (χ2v) is 7.29. The van der Waals surface area contributed by atoms with Crippen LogP contribution in [0.2, 0.25) is 5.02 Å². The zero-order valence-corrected chi connectivity index (χ0v) is 16.5. The predicted molar refractivity (Wildman–Crippen MR) is 106 cm³/mol. The lowest BCUT2D eigenvalue weighted by Gasteiger charge is -2.27. The summed E-state index contributed by atoms with van der Waals surface area (Å²) >= 11 is 5.88. The lowest BCUT2D eigenvalue weighted by Crippen LogP contribution is -2.49. The summed E-state index contributed by atoms with van der Waals surface area (Å²) in [6.07, 6.45) is 1.30. The Morgan fingerprint density at radius 2 is 2.04 bits per heavy atom. The number of carbonyl (C=O) groups is 2. The van der Waals surface area contributed by atoms with Crippen molar-refractivity contribution in [2.24, 2.45) is 5.92 Å². The molecule has 2 rings (SSSR count). The van der Waals surface area contributed by atoms with Crippen molar-refractivity contribution in [1.82, 2.24) is 10.3 Å². The number of amides is 2. The van der Waals surface area contributed by atoms with Gasteiger partial charge in [0.2, 0.25) is 5.91 Å². The molecule has 0 aliphatic carbocycles. The molecule has 0 saturated heterocycles. The minimum atomic E-state index is -1.04. The summed E-state index contributed by atoms with van der Waals surface area (Å²) in [5, 5.41) is 24.9. The molecular weight excluding hydrogens is 380 g/mol. The SMILES string of the molecule is CC(C)C(C)(C#N)NC(=O)c1cc(NC(=O)Cc2cc(Cl)ccc2O)ccn1. The number of hydrogen-bond acceptors (Lipinski definition) is 5. The number of aromatic nitrogens is 1. The van der Waals surface area contributed by atoms with E-state index in [-0.39, 0.29) is 29.7 Å². The number of nitriles is 1. The summed E-state index contributed by atoms with van der Waals surface area (Å²) in [5.41, 5.74) is -0.207. The minimum Gasteiger partial charge on any atom is -0.508 e. The van der Waals surface area contributed by atoms with Gasteiger partial charge < -0.3 is 15.7 Å². The van der Waals surface area contributed by atoms with Gasteiger partial charge in [0.1, 0.15) is 17.0 Å². The number of phenols is 1. The number of phenolic OH excluding ortho intramolecular Hbond substituents is 1. The predicted octanol–water partition coefficient (Wildman–Crippen LogP) is 3.29. The number of aromatic hydroxyl groups is 1. The van der Waals surface area contributed by atoms with Crippen molar-refractivity contribution < 1.29 is 14.7 Å². The van der Waals surface area contributed by atoms with Gasteiger partial charge >= 0.3 is 0 Å². The Balaban J connectivity index is 2.10. The molecule has 0 saturated carbocycles. The van der Waals surface area contributed by atoms with Crippen molar-refractivity contribution in [3.05, 3.63) is 52.8 Å². The van der Waals surface area contributed by atoms with E-state index in [2.05, 4.69) is 21.7 Å². The Kier molecular flexibility index (Phi) is 6.60. The van der Waals surface area contributed by atoms with E-state index in [1.807, 2.05) is 13.8 Å². The molecule has 0 radical (unpaired) electrons. The van der Waals surface area contributed by atoms with Crippen molar-refractivity contribution >= 4 is 29.1 Å². The standard InChI is InChI=1S/C20H21ClN4O3/c1-12(2)20(3,11-22)25-19(28)16-10-15(6-7-23-16)24-18(27)9-13-8-14(21)4-5-17(13)26/h4-8,10,12,26H,9H2,1-3H3,(H,25,28)(H,23,24,27). The average Bonchev–Trinajstić information content (AvgIpc) is 2.64. The smallest absolute Gasteiger partial charge is 0.271 e. The second-order valence-electron chi connectivity index (χ2n) is 6.85. The number of carbonyl (C=O) groups excluding carboxylic acids is 2. The average molecular weight is 401 g/mol. The first kappa shape index (κ1) is 21.2. The summed E-state index contributed by atoms with van der Waals surface area (Å²) in [5.74, 6) is -1.03. The fraction of sp³-hybridized carbons (Fsp3) is 0.300. The van der Waals surface area contributed by atoms with E-state index in [0.29, 0.717) is 16.3 Å². The summed E-state index contributed by atoms with van der Waals surface area (Å²) in [6, 6.07) is 9.51. The van der Waals surface area contributed by atoms with Crippen molar-refractivity contribution in [2.75, 3.05) is 5.32 Å². The third-order valence-electron chi connectivity index (χ3n) is 4.43. The van der Waals surface area contributed by atoms with Crippen molar-refractivity contribution in [2.45, 2.75) is 32.7 Å². The van der Waals surface area contributed by atoms with Crippen LogP contribution in [0.1, 0.15) is 36.8 Å². The first-order valence-corrected chi connectivity index (χ1v) is 8.99. The fourth-order valence-corrected chi connectivity index (χ4v) is 2.50. The molecule has 0 spiro atoms. The van der Waals surface area contributed by atoms with Crippen LogP contribution in [0.15, 0.2) is 36.5 Å². The summed E-state index contributed by atoms with van der Waals surface area (Å²) in [7, 11) is 0. The normalized spacial score (nSPS) is 12.7. The number of nitrogens with zero attached hydrogens (tertiary/aromatic N) is 2. The number of hydrogen-bond donors (Lipinski definition) is 3. The first-order chi connectivity index (χ1) is 13.1. The molecule has 8 heteroatoms. The first-order valence-electron chi connectivity index (χ1n) is 8.61. The van der Waals surface area contributed by atoms with Crippen LogP contribution in [0.25, 0.3) is 0 Å². The van der Waals surface area contributed by atoms with E-state index in [1.54, 1.807) is 13.0 Å². The largest absolute Gasteiger partial charge is 0.508 e. The molecule has 146 valence electrons. The molecular formula is C20H21ClN4O3. The quantitative estimate of drug-likeness (QED) is 0.688. The lowest BCUT2D eigenvalue weighted by molar-refractivity contribution is -0.115. The Morgan fingerprint density at radius 3 is 2.68 bits per heavy atom. The van der Waals surface area contributed by atoms with Gasteiger partial charge in [0, 0.05) is 22.5 Å². The number of nitrogens with one attached hydrogen (secondary N) is 2. The molecule has 1 aromatic carbocycles. The lowest BCUT2D eigenvalue weighted by atomic mass is 9.90. The maximum atomic E-state index is 12.4. The number of anilines is 1. The maximum Gasteiger partial charge on any atom is 0.271 e. The van der Waals surface area contributed by atoms with Crippen molar-refractivity contribution in [3.8, 4) is 11.8 Å². The van der Waals surface area contributed by atoms with Crippen LogP contribution < -0.4 is 10.6 Å². The van der Waals surface area contributed by atoms with Crippen LogP contribution in [0.3, 0.4) is 0 Å². The van der Waals surface area contributed by atoms with Gasteiger partial charge in [-0.15, -0.1) is 0 Å². The van der Waals surface area contributed by atoms with Crippen molar-refractivity contribution in [1.29, 1.82) is 5.26 Å². The topological polar surface area (TPSA) is 115 Å². The van der Waals surface area contributed by atoms with Gasteiger partial charge in [-0.3, -0.25) is 14.6 Å². The van der Waals surface area contributed by atoms with E-state index in [0.717, 1.165) is 0 Å². The molecule has 28 heavy (non-hydrogen) atoms. The van der Waals surface area contributed by atoms with E-state index >= 15 is 0 Å². The highest BCUT2D eigenvalue weighted by Gasteiger charge is 2.30. The van der Waals surface area contributed by atoms with Crippen LogP contribution in [-0.4, -0.2) is 27.4 Å². The Bertz CT molecular complexity index is 939. The Hall–Kier alpha value is -3.11. The molecule has 1 atom stereocenters. The molecule has 0 aliphatic heterocycles. The number of halogens is 1. The number of pyridine rings is 1. The van der Waals surface area contributed by atoms with E-state index in [4.69, 9.17) is 11.6 Å². The Labute approximate surface area is 168 Å². The summed E-state index contributed by atoms with van der Waals surface area (Å²) in [6.45, 7) is 5.30. The second kappa shape index (κ2) is 8.72. The van der Waals surface area contributed by atoms with Crippen LogP contribution in [0, 0.1) is 17.2 Å². The molecule has 0 aliphatic rings. The maximum absolute atomic E-state index is 12.4. The number of rotatable bonds is 6. The van der Waals surface area contributed by atoms with Gasteiger partial charge in [-0.25, -0.2) is 0 Å². The molecule has 7 nitrogen and oxygen atoms in total. The molecule has 2 aromatic rings. The van der Waals surface area contributed by atoms with Gasteiger partial charge in [-0.05, 0) is 43.2 Å². The van der Waals surface area contributed by atoms with Crippen LogP contribution in [0.5, 0.6) is 5.75 Å². The zero-order chi connectivity index (χ0) is 20.9. The third kappa shape index (κ3) is 5.21. The molecule has 3 N–H and O–H groups in total.